The smallest absolute Gasteiger partial charge is 0.335 e. The maximum Gasteiger partial charge on any atom is 0.335 e. The van der Waals surface area contributed by atoms with E-state index in [0.717, 1.165) is 15.6 Å². The van der Waals surface area contributed by atoms with Crippen LogP contribution in [0.5, 0.6) is 5.75 Å². The Hall–Kier alpha value is -1.81. The number of carboxylic acids is 1. The van der Waals surface area contributed by atoms with Gasteiger partial charge in [0.25, 0.3) is 0 Å². The van der Waals surface area contributed by atoms with Crippen LogP contribution in [-0.2, 0) is 6.61 Å². The average Bonchev–Trinajstić information content (AvgIpc) is 2.39. The summed E-state index contributed by atoms with van der Waals surface area (Å²) in [7, 11) is 0. The van der Waals surface area contributed by atoms with Crippen LogP contribution in [0.2, 0.25) is 0 Å². The molecule has 0 aromatic heterocycles. The molecule has 2 aromatic rings. The van der Waals surface area contributed by atoms with Crippen LogP contribution in [0, 0.1) is 6.92 Å². The van der Waals surface area contributed by atoms with E-state index < -0.39 is 5.97 Å². The fraction of sp³-hybridized carbons (Fsp3) is 0.133. The van der Waals surface area contributed by atoms with Crippen LogP contribution < -0.4 is 4.74 Å². The van der Waals surface area contributed by atoms with Crippen LogP contribution in [0.4, 0.5) is 0 Å². The van der Waals surface area contributed by atoms with Crippen molar-refractivity contribution in [2.45, 2.75) is 13.5 Å². The zero-order valence-electron chi connectivity index (χ0n) is 10.4. The highest BCUT2D eigenvalue weighted by atomic mass is 79.9. The van der Waals surface area contributed by atoms with Crippen molar-refractivity contribution in [3.05, 3.63) is 63.6 Å². The summed E-state index contributed by atoms with van der Waals surface area (Å²) in [5.74, 6) is -0.360. The molecule has 0 atom stereocenters. The third kappa shape index (κ3) is 3.35. The Bertz CT molecular complexity index is 608. The SMILES string of the molecule is Cc1ccc(C(=O)O)cc1OCc1ccccc1Br. The molecular formula is C15H13BrO3. The molecule has 0 aliphatic heterocycles. The number of carbonyl (C=O) groups is 1. The minimum atomic E-state index is -0.953. The number of benzene rings is 2. The van der Waals surface area contributed by atoms with E-state index in [1.165, 1.54) is 0 Å². The van der Waals surface area contributed by atoms with Gasteiger partial charge in [0.05, 0.1) is 5.56 Å². The van der Waals surface area contributed by atoms with Gasteiger partial charge in [0.2, 0.25) is 0 Å². The number of halogens is 1. The minimum Gasteiger partial charge on any atom is -0.489 e. The van der Waals surface area contributed by atoms with E-state index in [0.29, 0.717) is 12.4 Å². The van der Waals surface area contributed by atoms with E-state index in [9.17, 15) is 4.79 Å². The van der Waals surface area contributed by atoms with E-state index in [-0.39, 0.29) is 5.56 Å². The molecule has 0 fully saturated rings. The van der Waals surface area contributed by atoms with Crippen molar-refractivity contribution in [2.75, 3.05) is 0 Å². The van der Waals surface area contributed by atoms with Crippen molar-refractivity contribution in [3.63, 3.8) is 0 Å². The van der Waals surface area contributed by atoms with Gasteiger partial charge in [-0.15, -0.1) is 0 Å². The zero-order chi connectivity index (χ0) is 13.8. The lowest BCUT2D eigenvalue weighted by molar-refractivity contribution is 0.0696. The molecule has 19 heavy (non-hydrogen) atoms. The number of hydrogen-bond donors (Lipinski definition) is 1. The molecule has 0 bridgehead atoms. The number of rotatable bonds is 4. The fourth-order valence-corrected chi connectivity index (χ4v) is 2.06. The third-order valence-corrected chi connectivity index (χ3v) is 3.55. The van der Waals surface area contributed by atoms with Gasteiger partial charge in [-0.25, -0.2) is 4.79 Å². The van der Waals surface area contributed by atoms with Crippen LogP contribution in [0.1, 0.15) is 21.5 Å². The summed E-state index contributed by atoms with van der Waals surface area (Å²) >= 11 is 3.45. The Morgan fingerprint density at radius 3 is 2.68 bits per heavy atom. The Morgan fingerprint density at radius 1 is 1.26 bits per heavy atom. The van der Waals surface area contributed by atoms with E-state index in [2.05, 4.69) is 15.9 Å². The standard InChI is InChI=1S/C15H13BrO3/c1-10-6-7-11(15(17)18)8-14(10)19-9-12-4-2-3-5-13(12)16/h2-8H,9H2,1H3,(H,17,18). The van der Waals surface area contributed by atoms with E-state index in [1.54, 1.807) is 18.2 Å². The molecular weight excluding hydrogens is 308 g/mol. The maximum absolute atomic E-state index is 10.9. The second kappa shape index (κ2) is 5.89. The van der Waals surface area contributed by atoms with E-state index in [1.807, 2.05) is 31.2 Å². The van der Waals surface area contributed by atoms with Gasteiger partial charge in [-0.3, -0.25) is 0 Å². The maximum atomic E-state index is 10.9. The van der Waals surface area contributed by atoms with Crippen molar-refractivity contribution in [1.82, 2.24) is 0 Å². The minimum absolute atomic E-state index is 0.229. The Kier molecular flexibility index (Phi) is 4.22. The molecule has 0 saturated heterocycles. The lowest BCUT2D eigenvalue weighted by Gasteiger charge is -2.11. The van der Waals surface area contributed by atoms with Crippen LogP contribution in [0.25, 0.3) is 0 Å². The number of ether oxygens (including phenoxy) is 1. The van der Waals surface area contributed by atoms with Gasteiger partial charge in [0, 0.05) is 10.0 Å². The Labute approximate surface area is 120 Å². The normalized spacial score (nSPS) is 10.2. The molecule has 0 radical (unpaired) electrons. The summed E-state index contributed by atoms with van der Waals surface area (Å²) in [4.78, 5) is 10.9. The molecule has 0 amide bonds. The quantitative estimate of drug-likeness (QED) is 0.924. The molecule has 0 unspecified atom stereocenters. The first-order chi connectivity index (χ1) is 9.08. The van der Waals surface area contributed by atoms with Crippen molar-refractivity contribution in [2.24, 2.45) is 0 Å². The first-order valence-corrected chi connectivity index (χ1v) is 6.57. The van der Waals surface area contributed by atoms with Crippen molar-refractivity contribution in [3.8, 4) is 5.75 Å². The highest BCUT2D eigenvalue weighted by molar-refractivity contribution is 9.10. The van der Waals surface area contributed by atoms with Crippen LogP contribution in [-0.4, -0.2) is 11.1 Å². The second-order valence-electron chi connectivity index (χ2n) is 4.17. The van der Waals surface area contributed by atoms with Gasteiger partial charge in [-0.2, -0.15) is 0 Å². The topological polar surface area (TPSA) is 46.5 Å². The van der Waals surface area contributed by atoms with E-state index in [4.69, 9.17) is 9.84 Å². The summed E-state index contributed by atoms with van der Waals surface area (Å²) in [6.45, 7) is 2.28. The van der Waals surface area contributed by atoms with Gasteiger partial charge in [0.1, 0.15) is 12.4 Å². The number of carboxylic acid groups (broad SMARTS) is 1. The van der Waals surface area contributed by atoms with Crippen molar-refractivity contribution in [1.29, 1.82) is 0 Å². The van der Waals surface area contributed by atoms with Crippen molar-refractivity contribution < 1.29 is 14.6 Å². The summed E-state index contributed by atoms with van der Waals surface area (Å²) < 4.78 is 6.68. The zero-order valence-corrected chi connectivity index (χ0v) is 12.0. The third-order valence-electron chi connectivity index (χ3n) is 2.78. The van der Waals surface area contributed by atoms with Gasteiger partial charge in [-0.1, -0.05) is 40.2 Å². The largest absolute Gasteiger partial charge is 0.489 e. The van der Waals surface area contributed by atoms with Gasteiger partial charge in [0.15, 0.2) is 0 Å². The highest BCUT2D eigenvalue weighted by Gasteiger charge is 2.08. The lowest BCUT2D eigenvalue weighted by Crippen LogP contribution is -2.01. The highest BCUT2D eigenvalue weighted by Crippen LogP contribution is 2.23. The number of hydrogen-bond acceptors (Lipinski definition) is 2. The van der Waals surface area contributed by atoms with E-state index >= 15 is 0 Å². The first-order valence-electron chi connectivity index (χ1n) is 5.78. The summed E-state index contributed by atoms with van der Waals surface area (Å²) in [6, 6.07) is 12.6. The molecule has 0 saturated carbocycles. The van der Waals surface area contributed by atoms with Crippen LogP contribution in [0.15, 0.2) is 46.9 Å². The molecule has 0 spiro atoms. The monoisotopic (exact) mass is 320 g/mol. The molecule has 98 valence electrons. The predicted molar refractivity (Wildman–Crippen MR) is 76.6 cm³/mol. The van der Waals surface area contributed by atoms with Crippen molar-refractivity contribution >= 4 is 21.9 Å². The molecule has 2 aromatic carbocycles. The molecule has 4 heteroatoms. The number of aromatic carboxylic acids is 1. The second-order valence-corrected chi connectivity index (χ2v) is 5.02. The van der Waals surface area contributed by atoms with Crippen LogP contribution >= 0.6 is 15.9 Å². The Morgan fingerprint density at radius 2 is 2.00 bits per heavy atom. The number of aryl methyl sites for hydroxylation is 1. The predicted octanol–water partition coefficient (Wildman–Crippen LogP) is 4.03. The fourth-order valence-electron chi connectivity index (χ4n) is 1.66. The molecule has 1 N–H and O–H groups in total. The first kappa shape index (κ1) is 13.6. The summed E-state index contributed by atoms with van der Waals surface area (Å²) in [5, 5.41) is 8.97. The van der Waals surface area contributed by atoms with Gasteiger partial charge < -0.3 is 9.84 Å². The van der Waals surface area contributed by atoms with Crippen LogP contribution in [0.3, 0.4) is 0 Å². The Balaban J connectivity index is 2.17. The molecule has 2 rings (SSSR count). The van der Waals surface area contributed by atoms with Gasteiger partial charge in [-0.05, 0) is 30.7 Å². The molecule has 0 aliphatic carbocycles. The lowest BCUT2D eigenvalue weighted by atomic mass is 10.1. The summed E-state index contributed by atoms with van der Waals surface area (Å²) in [5.41, 5.74) is 2.16. The average molecular weight is 321 g/mol. The summed E-state index contributed by atoms with van der Waals surface area (Å²) in [6.07, 6.45) is 0. The molecule has 3 nitrogen and oxygen atoms in total. The molecule has 0 aliphatic rings. The van der Waals surface area contributed by atoms with Gasteiger partial charge >= 0.3 is 5.97 Å². The molecule has 0 heterocycles.